The van der Waals surface area contributed by atoms with Crippen LogP contribution in [-0.2, 0) is 0 Å². The molecule has 9 aromatic carbocycles. The molecule has 286 valence electrons. The van der Waals surface area contributed by atoms with Crippen molar-refractivity contribution in [3.63, 3.8) is 0 Å². The molecule has 0 amide bonds. The van der Waals surface area contributed by atoms with Gasteiger partial charge in [-0.05, 0) is 97.1 Å². The minimum absolute atomic E-state index is 0.616. The molecule has 0 fully saturated rings. The van der Waals surface area contributed by atoms with E-state index in [-0.39, 0.29) is 0 Å². The number of aromatic nitrogens is 2. The first-order valence-corrected chi connectivity index (χ1v) is 20.7. The van der Waals surface area contributed by atoms with Crippen molar-refractivity contribution in [3.8, 4) is 12.1 Å². The molecule has 6 nitrogen and oxygen atoms in total. The number of nitrogens with zero attached hydrogens (tertiary/aromatic N) is 6. The van der Waals surface area contributed by atoms with Gasteiger partial charge in [-0.2, -0.15) is 10.5 Å². The number of rotatable bonds is 6. The number of fused-ring (bicyclic) bond motifs is 12. The van der Waals surface area contributed by atoms with E-state index in [1.807, 2.05) is 48.5 Å². The summed E-state index contributed by atoms with van der Waals surface area (Å²) in [6, 6.07) is 72.6. The van der Waals surface area contributed by atoms with E-state index in [1.165, 1.54) is 54.1 Å². The Morgan fingerprint density at radius 3 is 1.16 bits per heavy atom. The summed E-state index contributed by atoms with van der Waals surface area (Å²) in [5.74, 6) is 0. The highest BCUT2D eigenvalue weighted by Gasteiger charge is 2.28. The Hall–Kier alpha value is -8.84. The molecule has 0 saturated carbocycles. The molecular weight excluding hydrogens is 757 g/mol. The monoisotopic (exact) mass is 788 g/mol. The fourth-order valence-corrected chi connectivity index (χ4v) is 10.3. The summed E-state index contributed by atoms with van der Waals surface area (Å²) in [5, 5.41) is 29.3. The SMILES string of the molecule is N#Cc1cccc(N(c2ccccc2)c2ccc3c4cc5c(cc4n4c6ccccc6c2c34)c2ccc(N(c3ccccc3)c3cccc(C#N)c3)c3c4ccccc4n5c23)c1. The van der Waals surface area contributed by atoms with Gasteiger partial charge in [0, 0.05) is 65.8 Å². The minimum atomic E-state index is 0.616. The van der Waals surface area contributed by atoms with Crippen molar-refractivity contribution in [2.75, 3.05) is 9.80 Å². The molecule has 62 heavy (non-hydrogen) atoms. The van der Waals surface area contributed by atoms with Crippen LogP contribution in [0.4, 0.5) is 34.1 Å². The number of para-hydroxylation sites is 4. The van der Waals surface area contributed by atoms with Crippen molar-refractivity contribution in [1.29, 1.82) is 10.5 Å². The highest BCUT2D eigenvalue weighted by atomic mass is 15.2. The van der Waals surface area contributed by atoms with Gasteiger partial charge in [0.05, 0.1) is 67.7 Å². The van der Waals surface area contributed by atoms with Gasteiger partial charge in [0.25, 0.3) is 0 Å². The van der Waals surface area contributed by atoms with E-state index in [0.717, 1.165) is 56.2 Å². The topological polar surface area (TPSA) is 62.9 Å². The molecule has 0 spiro atoms. The van der Waals surface area contributed by atoms with Gasteiger partial charge in [-0.3, -0.25) is 0 Å². The van der Waals surface area contributed by atoms with Crippen LogP contribution in [0.3, 0.4) is 0 Å². The van der Waals surface area contributed by atoms with Gasteiger partial charge in [0.2, 0.25) is 0 Å². The molecule has 0 aliphatic heterocycles. The fourth-order valence-electron chi connectivity index (χ4n) is 10.3. The Morgan fingerprint density at radius 1 is 0.323 bits per heavy atom. The summed E-state index contributed by atoms with van der Waals surface area (Å²) in [6.07, 6.45) is 0. The summed E-state index contributed by atoms with van der Waals surface area (Å²) in [4.78, 5) is 4.57. The first kappa shape index (κ1) is 34.1. The maximum Gasteiger partial charge on any atom is 0.0992 e. The predicted molar refractivity (Wildman–Crippen MR) is 255 cm³/mol. The van der Waals surface area contributed by atoms with Crippen LogP contribution < -0.4 is 9.80 Å². The average molecular weight is 789 g/mol. The van der Waals surface area contributed by atoms with Gasteiger partial charge in [-0.25, -0.2) is 0 Å². The van der Waals surface area contributed by atoms with Crippen molar-refractivity contribution in [1.82, 2.24) is 8.80 Å². The maximum absolute atomic E-state index is 9.93. The Bertz CT molecular complexity index is 3750. The first-order valence-electron chi connectivity index (χ1n) is 20.7. The minimum Gasteiger partial charge on any atom is -0.310 e. The number of anilines is 6. The van der Waals surface area contributed by atoms with E-state index in [1.54, 1.807) is 0 Å². The van der Waals surface area contributed by atoms with Gasteiger partial charge in [-0.15, -0.1) is 0 Å². The summed E-state index contributed by atoms with van der Waals surface area (Å²) in [6.45, 7) is 0. The zero-order chi connectivity index (χ0) is 41.1. The first-order chi connectivity index (χ1) is 30.7. The maximum atomic E-state index is 9.93. The van der Waals surface area contributed by atoms with E-state index in [9.17, 15) is 10.5 Å². The van der Waals surface area contributed by atoms with E-state index < -0.39 is 0 Å². The summed E-state index contributed by atoms with van der Waals surface area (Å²) in [5.41, 5.74) is 14.2. The lowest BCUT2D eigenvalue weighted by molar-refractivity contribution is 1.29. The highest BCUT2D eigenvalue weighted by molar-refractivity contribution is 6.32. The van der Waals surface area contributed by atoms with Crippen LogP contribution in [0.15, 0.2) is 194 Å². The molecule has 0 aliphatic rings. The van der Waals surface area contributed by atoms with Crippen LogP contribution >= 0.6 is 0 Å². The lowest BCUT2D eigenvalue weighted by Crippen LogP contribution is -2.10. The van der Waals surface area contributed by atoms with Crippen molar-refractivity contribution in [2.24, 2.45) is 0 Å². The molecule has 4 aromatic heterocycles. The lowest BCUT2D eigenvalue weighted by Gasteiger charge is -2.26. The van der Waals surface area contributed by atoms with Crippen LogP contribution in [-0.4, -0.2) is 8.80 Å². The zero-order valence-corrected chi connectivity index (χ0v) is 33.2. The predicted octanol–water partition coefficient (Wildman–Crippen LogP) is 14.7. The van der Waals surface area contributed by atoms with Gasteiger partial charge < -0.3 is 18.6 Å². The third-order valence-corrected chi connectivity index (χ3v) is 12.7. The third-order valence-electron chi connectivity index (χ3n) is 12.7. The lowest BCUT2D eigenvalue weighted by atomic mass is 10.0. The number of benzene rings is 9. The molecule has 13 rings (SSSR count). The van der Waals surface area contributed by atoms with Crippen LogP contribution in [0.5, 0.6) is 0 Å². The van der Waals surface area contributed by atoms with Gasteiger partial charge in [-0.1, -0.05) is 97.1 Å². The van der Waals surface area contributed by atoms with Crippen LogP contribution in [0.2, 0.25) is 0 Å². The normalized spacial score (nSPS) is 11.8. The second kappa shape index (κ2) is 12.8. The second-order valence-electron chi connectivity index (χ2n) is 16.0. The molecule has 0 aliphatic carbocycles. The molecule has 13 aromatic rings. The molecule has 0 bridgehead atoms. The van der Waals surface area contributed by atoms with E-state index in [4.69, 9.17) is 0 Å². The zero-order valence-electron chi connectivity index (χ0n) is 33.2. The van der Waals surface area contributed by atoms with Crippen LogP contribution in [0.25, 0.3) is 76.2 Å². The number of nitriles is 2. The Kier molecular flexibility index (Phi) is 7.05. The fraction of sp³-hybridized carbons (Fsp3) is 0. The molecule has 0 unspecified atom stereocenters. The van der Waals surface area contributed by atoms with E-state index >= 15 is 0 Å². The third kappa shape index (κ3) is 4.61. The van der Waals surface area contributed by atoms with Crippen molar-refractivity contribution in [2.45, 2.75) is 0 Å². The number of hydrogen-bond donors (Lipinski definition) is 0. The quantitative estimate of drug-likeness (QED) is 0.168. The Balaban J connectivity index is 1.12. The van der Waals surface area contributed by atoms with Crippen molar-refractivity contribution in [3.05, 3.63) is 205 Å². The largest absolute Gasteiger partial charge is 0.310 e. The Labute approximate surface area is 355 Å². The van der Waals surface area contributed by atoms with Crippen LogP contribution in [0, 0.1) is 22.7 Å². The standard InChI is InChI=1S/C56H32N6/c57-33-35-13-11-19-39(29-35)59(37-15-3-1-4-16-37)49-27-25-41-45-31-52-46(32-51(45)61-47-23-9-7-21-43(47)53(49)55(41)61)42-26-28-50(54-44-22-8-10-24-48(44)62(52)56(42)54)60(38-17-5-2-6-18-38)40-20-12-14-36(30-40)34-58/h1-32H. The molecule has 4 heterocycles. The molecule has 6 heteroatoms. The van der Waals surface area contributed by atoms with Crippen LogP contribution in [0.1, 0.15) is 11.1 Å². The van der Waals surface area contributed by atoms with E-state index in [0.29, 0.717) is 11.1 Å². The van der Waals surface area contributed by atoms with Crippen molar-refractivity contribution >= 4 is 110 Å². The molecular formula is C56H32N6. The summed E-state index contributed by atoms with van der Waals surface area (Å²) < 4.78 is 4.93. The number of hydrogen-bond acceptors (Lipinski definition) is 4. The van der Waals surface area contributed by atoms with Gasteiger partial charge >= 0.3 is 0 Å². The van der Waals surface area contributed by atoms with Gasteiger partial charge in [0.1, 0.15) is 0 Å². The summed E-state index contributed by atoms with van der Waals surface area (Å²) >= 11 is 0. The van der Waals surface area contributed by atoms with E-state index in [2.05, 4.69) is 176 Å². The van der Waals surface area contributed by atoms with Crippen molar-refractivity contribution < 1.29 is 0 Å². The average Bonchev–Trinajstić information content (AvgIpc) is 4.06. The second-order valence-corrected chi connectivity index (χ2v) is 16.0. The van der Waals surface area contributed by atoms with Gasteiger partial charge in [0.15, 0.2) is 0 Å². The smallest absolute Gasteiger partial charge is 0.0992 e. The summed E-state index contributed by atoms with van der Waals surface area (Å²) in [7, 11) is 0. The molecule has 0 radical (unpaired) electrons. The molecule has 0 saturated heterocycles. The molecule has 0 atom stereocenters. The molecule has 0 N–H and O–H groups in total. The Morgan fingerprint density at radius 2 is 0.726 bits per heavy atom. The highest BCUT2D eigenvalue weighted by Crippen LogP contribution is 2.51.